The quantitative estimate of drug-likeness (QED) is 0.531. The zero-order valence-electron chi connectivity index (χ0n) is 18.7. The molecule has 0 aliphatic carbocycles. The number of anilines is 1. The number of nitrogens with one attached hydrogen (secondary N) is 1. The Balaban J connectivity index is 1.75. The van der Waals surface area contributed by atoms with E-state index >= 15 is 0 Å². The number of fused-ring (bicyclic) bond motifs is 1. The molecule has 1 unspecified atom stereocenters. The Morgan fingerprint density at radius 3 is 2.58 bits per heavy atom. The number of hydrogen-bond donors (Lipinski definition) is 3. The molecule has 0 radical (unpaired) electrons. The highest BCUT2D eigenvalue weighted by molar-refractivity contribution is 8.18. The molecule has 0 fully saturated rings. The minimum atomic E-state index is -0.927. The highest BCUT2D eigenvalue weighted by Crippen LogP contribution is 2.48. The molecule has 0 saturated heterocycles. The first-order valence-electron chi connectivity index (χ1n) is 10.5. The number of nitrogens with two attached hydrogens (primary N) is 1. The monoisotopic (exact) mass is 458 g/mol. The molecular weight excluding hydrogens is 432 g/mol. The normalized spacial score (nSPS) is 21.9. The summed E-state index contributed by atoms with van der Waals surface area (Å²) < 4.78 is 0. The Bertz CT molecular complexity index is 1240. The predicted molar refractivity (Wildman–Crippen MR) is 136 cm³/mol. The van der Waals surface area contributed by atoms with Gasteiger partial charge in [-0.05, 0) is 41.5 Å². The van der Waals surface area contributed by atoms with Crippen molar-refractivity contribution in [1.29, 1.82) is 5.41 Å². The fourth-order valence-corrected chi connectivity index (χ4v) is 5.38. The third kappa shape index (κ3) is 4.00. The molecule has 0 aromatic heterocycles. The molecule has 2 aromatic carbocycles. The molecule has 1 atom stereocenters. The van der Waals surface area contributed by atoms with Crippen LogP contribution in [-0.4, -0.2) is 29.4 Å². The molecule has 4 N–H and O–H groups in total. The lowest BCUT2D eigenvalue weighted by atomic mass is 9.83. The summed E-state index contributed by atoms with van der Waals surface area (Å²) in [5, 5.41) is 17.8. The van der Waals surface area contributed by atoms with Crippen LogP contribution in [0.25, 0.3) is 0 Å². The topological polar surface area (TPSA) is 103 Å². The van der Waals surface area contributed by atoms with Gasteiger partial charge in [-0.3, -0.25) is 4.99 Å². The van der Waals surface area contributed by atoms with Crippen molar-refractivity contribution >= 4 is 34.7 Å². The summed E-state index contributed by atoms with van der Waals surface area (Å²) in [7, 11) is 2.00. The third-order valence-electron chi connectivity index (χ3n) is 6.11. The molecule has 0 bridgehead atoms. The van der Waals surface area contributed by atoms with Crippen LogP contribution in [-0.2, 0) is 5.41 Å². The van der Waals surface area contributed by atoms with E-state index in [1.165, 1.54) is 24.2 Å². The highest BCUT2D eigenvalue weighted by Gasteiger charge is 2.39. The highest BCUT2D eigenvalue weighted by atomic mass is 32.2. The summed E-state index contributed by atoms with van der Waals surface area (Å²) in [6.45, 7) is 4.21. The van der Waals surface area contributed by atoms with Crippen LogP contribution in [0, 0.1) is 5.41 Å². The van der Waals surface area contributed by atoms with Gasteiger partial charge in [0.2, 0.25) is 0 Å². The number of nitrogens with zero attached hydrogens (tertiary/aromatic N) is 2. The molecule has 168 valence electrons. The number of thioether (sulfide) groups is 1. The van der Waals surface area contributed by atoms with Crippen LogP contribution in [0.2, 0.25) is 0 Å². The van der Waals surface area contributed by atoms with E-state index in [4.69, 9.17) is 16.1 Å². The lowest BCUT2D eigenvalue weighted by Crippen LogP contribution is -2.22. The van der Waals surface area contributed by atoms with Gasteiger partial charge in [-0.25, -0.2) is 4.79 Å². The number of aliphatic imine (C=N–C) groups is 1. The molecule has 4 rings (SSSR count). The molecule has 7 heteroatoms. The lowest BCUT2D eigenvalue weighted by Gasteiger charge is -2.24. The van der Waals surface area contributed by atoms with Crippen molar-refractivity contribution in [3.63, 3.8) is 0 Å². The number of carboxylic acids is 1. The fraction of sp³-hybridized carbons (Fsp3) is 0.192. The Kier molecular flexibility index (Phi) is 5.99. The summed E-state index contributed by atoms with van der Waals surface area (Å²) in [6.07, 6.45) is 6.80. The van der Waals surface area contributed by atoms with Crippen molar-refractivity contribution in [3.8, 4) is 0 Å². The van der Waals surface area contributed by atoms with E-state index in [0.717, 1.165) is 32.5 Å². The van der Waals surface area contributed by atoms with Crippen molar-refractivity contribution in [2.45, 2.75) is 25.3 Å². The van der Waals surface area contributed by atoms with Gasteiger partial charge in [0.1, 0.15) is 11.1 Å². The predicted octanol–water partition coefficient (Wildman–Crippen LogP) is 5.26. The molecular formula is C26H26N4O2S. The molecule has 2 heterocycles. The first-order valence-corrected chi connectivity index (χ1v) is 11.4. The summed E-state index contributed by atoms with van der Waals surface area (Å²) in [6, 6.07) is 15.2. The van der Waals surface area contributed by atoms with Gasteiger partial charge in [0.25, 0.3) is 0 Å². The van der Waals surface area contributed by atoms with E-state index in [1.54, 1.807) is 12.1 Å². The van der Waals surface area contributed by atoms with E-state index < -0.39 is 5.97 Å². The molecule has 2 aliphatic rings. The van der Waals surface area contributed by atoms with Crippen LogP contribution < -0.4 is 10.6 Å². The van der Waals surface area contributed by atoms with Crippen molar-refractivity contribution in [2.24, 2.45) is 10.7 Å². The van der Waals surface area contributed by atoms with E-state index in [9.17, 15) is 9.90 Å². The molecule has 2 aliphatic heterocycles. The number of allylic oxidation sites excluding steroid dienone is 3. The first kappa shape index (κ1) is 22.6. The molecule has 6 nitrogen and oxygen atoms in total. The number of carboxylic acid groups (broad SMARTS) is 1. The van der Waals surface area contributed by atoms with Gasteiger partial charge >= 0.3 is 5.97 Å². The second-order valence-corrected chi connectivity index (χ2v) is 9.52. The molecule has 2 aromatic rings. The first-order chi connectivity index (χ1) is 15.8. The standard InChI is InChI=1S/C26H26N4O2S/c1-26(2)19-13-17(25(31)32)9-10-20(19)30(3)22(26)12-11-21-23(16-7-5-4-6-8-16)29-24(33-21)18(14-27)15-28/h4-15,23,27H,28H2,1-3H3,(H,31,32)/b18-15?,21-11+,22-12-,27-14?. The molecule has 33 heavy (non-hydrogen) atoms. The Morgan fingerprint density at radius 2 is 1.94 bits per heavy atom. The number of aromatic carboxylic acids is 1. The number of benzene rings is 2. The summed E-state index contributed by atoms with van der Waals surface area (Å²) in [5.41, 5.74) is 10.4. The second-order valence-electron chi connectivity index (χ2n) is 8.46. The maximum Gasteiger partial charge on any atom is 0.335 e. The van der Waals surface area contributed by atoms with E-state index in [-0.39, 0.29) is 17.0 Å². The summed E-state index contributed by atoms with van der Waals surface area (Å²) in [5.74, 6) is -0.927. The molecule has 0 amide bonds. The van der Waals surface area contributed by atoms with Gasteiger partial charge in [-0.2, -0.15) is 0 Å². The molecule has 0 saturated carbocycles. The average molecular weight is 459 g/mol. The van der Waals surface area contributed by atoms with Crippen LogP contribution >= 0.6 is 11.8 Å². The zero-order valence-corrected chi connectivity index (χ0v) is 19.6. The SMILES string of the molecule is CN1/C(=C\C=C2\SC(C(C=N)=CN)=NC2c2ccccc2)C(C)(C)c2cc(C(=O)O)ccc21. The maximum absolute atomic E-state index is 11.5. The van der Waals surface area contributed by atoms with Gasteiger partial charge in [-0.1, -0.05) is 55.9 Å². The van der Waals surface area contributed by atoms with Gasteiger partial charge in [-0.15, -0.1) is 0 Å². The van der Waals surface area contributed by atoms with E-state index in [0.29, 0.717) is 5.57 Å². The van der Waals surface area contributed by atoms with Crippen LogP contribution in [0.15, 0.2) is 88.1 Å². The van der Waals surface area contributed by atoms with Crippen molar-refractivity contribution in [2.75, 3.05) is 11.9 Å². The average Bonchev–Trinajstić information content (AvgIpc) is 3.31. The number of carbonyl (C=O) groups is 1. The fourth-order valence-electron chi connectivity index (χ4n) is 4.32. The Labute approximate surface area is 197 Å². The summed E-state index contributed by atoms with van der Waals surface area (Å²) >= 11 is 1.52. The van der Waals surface area contributed by atoms with Gasteiger partial charge in [0, 0.05) is 46.7 Å². The van der Waals surface area contributed by atoms with Gasteiger partial charge < -0.3 is 21.1 Å². The van der Waals surface area contributed by atoms with Crippen LogP contribution in [0.3, 0.4) is 0 Å². The van der Waals surface area contributed by atoms with Crippen molar-refractivity contribution < 1.29 is 9.90 Å². The maximum atomic E-state index is 11.5. The van der Waals surface area contributed by atoms with Crippen molar-refractivity contribution in [3.05, 3.63) is 99.7 Å². The second kappa shape index (κ2) is 8.75. The minimum Gasteiger partial charge on any atom is -0.478 e. The number of hydrogen-bond acceptors (Lipinski definition) is 6. The number of rotatable bonds is 5. The largest absolute Gasteiger partial charge is 0.478 e. The van der Waals surface area contributed by atoms with Crippen LogP contribution in [0.1, 0.15) is 41.4 Å². The van der Waals surface area contributed by atoms with E-state index in [1.807, 2.05) is 43.4 Å². The van der Waals surface area contributed by atoms with Gasteiger partial charge in [0.05, 0.1) is 5.56 Å². The summed E-state index contributed by atoms with van der Waals surface area (Å²) in [4.78, 5) is 19.5. The van der Waals surface area contributed by atoms with Crippen LogP contribution in [0.4, 0.5) is 5.69 Å². The smallest absolute Gasteiger partial charge is 0.335 e. The van der Waals surface area contributed by atoms with Crippen LogP contribution in [0.5, 0.6) is 0 Å². The Morgan fingerprint density at radius 1 is 1.21 bits per heavy atom. The van der Waals surface area contributed by atoms with Crippen molar-refractivity contribution in [1.82, 2.24) is 0 Å². The lowest BCUT2D eigenvalue weighted by molar-refractivity contribution is 0.0696. The Hall–Kier alpha value is -3.58. The minimum absolute atomic E-state index is 0.172. The zero-order chi connectivity index (χ0) is 23.8. The van der Waals surface area contributed by atoms with Gasteiger partial charge in [0.15, 0.2) is 0 Å². The number of likely N-dealkylation sites (N-methyl/N-ethyl adjacent to an activating group) is 1. The third-order valence-corrected chi connectivity index (χ3v) is 7.24. The van der Waals surface area contributed by atoms with E-state index in [2.05, 4.69) is 30.9 Å². The molecule has 0 spiro atoms.